The second-order valence-electron chi connectivity index (χ2n) is 3.15. The Morgan fingerprint density at radius 3 is 2.38 bits per heavy atom. The van der Waals surface area contributed by atoms with E-state index in [1.165, 1.54) is 4.90 Å². The summed E-state index contributed by atoms with van der Waals surface area (Å²) in [5.41, 5.74) is 0. The minimum Gasteiger partial charge on any atom is -0.465 e. The van der Waals surface area contributed by atoms with Gasteiger partial charge in [-0.05, 0) is 13.0 Å². The largest absolute Gasteiger partial charge is 0.465 e. The standard InChI is InChI=1S/C8H15ClN2O2/c9-2-1-3-10-4-6-11(7-5-10)8(12)13/h1-7H2,(H,12,13). The van der Waals surface area contributed by atoms with Crippen LogP contribution in [0.1, 0.15) is 6.42 Å². The van der Waals surface area contributed by atoms with Gasteiger partial charge in [0.15, 0.2) is 0 Å². The Morgan fingerprint density at radius 2 is 1.92 bits per heavy atom. The van der Waals surface area contributed by atoms with Crippen molar-refractivity contribution in [3.8, 4) is 0 Å². The Labute approximate surface area is 83.1 Å². The van der Waals surface area contributed by atoms with Crippen LogP contribution in [0.15, 0.2) is 0 Å². The maximum atomic E-state index is 10.6. The summed E-state index contributed by atoms with van der Waals surface area (Å²) >= 11 is 5.57. The zero-order valence-electron chi connectivity index (χ0n) is 7.58. The number of carbonyl (C=O) groups is 1. The zero-order valence-corrected chi connectivity index (χ0v) is 8.33. The molecule has 0 bridgehead atoms. The van der Waals surface area contributed by atoms with Gasteiger partial charge in [0, 0.05) is 32.1 Å². The van der Waals surface area contributed by atoms with E-state index in [-0.39, 0.29) is 0 Å². The Hall–Kier alpha value is -0.480. The van der Waals surface area contributed by atoms with Gasteiger partial charge < -0.3 is 10.0 Å². The molecule has 0 aliphatic carbocycles. The summed E-state index contributed by atoms with van der Waals surface area (Å²) in [6, 6.07) is 0. The van der Waals surface area contributed by atoms with Crippen LogP contribution < -0.4 is 0 Å². The second kappa shape index (κ2) is 5.29. The third kappa shape index (κ3) is 3.40. The van der Waals surface area contributed by atoms with Gasteiger partial charge in [0.25, 0.3) is 0 Å². The van der Waals surface area contributed by atoms with Crippen LogP contribution >= 0.6 is 11.6 Å². The first-order valence-corrected chi connectivity index (χ1v) is 5.03. The molecule has 76 valence electrons. The molecule has 0 aromatic rings. The first-order chi connectivity index (χ1) is 6.24. The third-order valence-corrected chi connectivity index (χ3v) is 2.52. The number of hydrogen-bond donors (Lipinski definition) is 1. The molecule has 1 aliphatic rings. The van der Waals surface area contributed by atoms with Crippen molar-refractivity contribution < 1.29 is 9.90 Å². The molecule has 0 aromatic heterocycles. The molecule has 0 aromatic carbocycles. The third-order valence-electron chi connectivity index (χ3n) is 2.25. The summed E-state index contributed by atoms with van der Waals surface area (Å²) in [4.78, 5) is 14.3. The van der Waals surface area contributed by atoms with Crippen LogP contribution in [0.25, 0.3) is 0 Å². The lowest BCUT2D eigenvalue weighted by atomic mass is 10.3. The van der Waals surface area contributed by atoms with Gasteiger partial charge in [-0.3, -0.25) is 4.90 Å². The predicted octanol–water partition coefficient (Wildman–Crippen LogP) is 0.911. The fraction of sp³-hybridized carbons (Fsp3) is 0.875. The molecule has 0 radical (unpaired) electrons. The summed E-state index contributed by atoms with van der Waals surface area (Å²) in [6.45, 7) is 3.90. The lowest BCUT2D eigenvalue weighted by Crippen LogP contribution is -2.48. The Balaban J connectivity index is 2.18. The van der Waals surface area contributed by atoms with Crippen LogP contribution in [0.3, 0.4) is 0 Å². The second-order valence-corrected chi connectivity index (χ2v) is 3.53. The van der Waals surface area contributed by atoms with Crippen LogP contribution in [-0.4, -0.2) is 59.6 Å². The normalized spacial score (nSPS) is 19.0. The summed E-state index contributed by atoms with van der Waals surface area (Å²) in [5, 5.41) is 8.69. The van der Waals surface area contributed by atoms with E-state index in [0.29, 0.717) is 19.0 Å². The molecular formula is C8H15ClN2O2. The molecule has 13 heavy (non-hydrogen) atoms. The number of hydrogen-bond acceptors (Lipinski definition) is 2. The number of nitrogens with zero attached hydrogens (tertiary/aromatic N) is 2. The number of piperazine rings is 1. The number of amides is 1. The van der Waals surface area contributed by atoms with Gasteiger partial charge in [-0.15, -0.1) is 11.6 Å². The van der Waals surface area contributed by atoms with Crippen molar-refractivity contribution in [1.29, 1.82) is 0 Å². The molecule has 4 nitrogen and oxygen atoms in total. The monoisotopic (exact) mass is 206 g/mol. The lowest BCUT2D eigenvalue weighted by Gasteiger charge is -2.32. The minimum atomic E-state index is -0.808. The maximum Gasteiger partial charge on any atom is 0.407 e. The van der Waals surface area contributed by atoms with Crippen molar-refractivity contribution >= 4 is 17.7 Å². The Kier molecular flexibility index (Phi) is 4.32. The van der Waals surface area contributed by atoms with Gasteiger partial charge in [-0.2, -0.15) is 0 Å². The molecule has 0 saturated carbocycles. The molecule has 1 heterocycles. The van der Waals surface area contributed by atoms with Crippen LogP contribution in [-0.2, 0) is 0 Å². The van der Waals surface area contributed by atoms with E-state index in [1.807, 2.05) is 0 Å². The van der Waals surface area contributed by atoms with Crippen molar-refractivity contribution in [2.45, 2.75) is 6.42 Å². The topological polar surface area (TPSA) is 43.8 Å². The fourth-order valence-corrected chi connectivity index (χ4v) is 1.57. The predicted molar refractivity (Wildman–Crippen MR) is 51.4 cm³/mol. The molecule has 0 atom stereocenters. The number of alkyl halides is 1. The van der Waals surface area contributed by atoms with Gasteiger partial charge in [-0.1, -0.05) is 0 Å². The molecular weight excluding hydrogens is 192 g/mol. The molecule has 1 rings (SSSR count). The molecule has 5 heteroatoms. The first kappa shape index (κ1) is 10.6. The van der Waals surface area contributed by atoms with E-state index in [4.69, 9.17) is 16.7 Å². The summed E-state index contributed by atoms with van der Waals surface area (Å²) in [7, 11) is 0. The van der Waals surface area contributed by atoms with E-state index in [2.05, 4.69) is 4.90 Å². The smallest absolute Gasteiger partial charge is 0.407 e. The van der Waals surface area contributed by atoms with Crippen molar-refractivity contribution in [2.24, 2.45) is 0 Å². The van der Waals surface area contributed by atoms with Crippen molar-refractivity contribution in [3.63, 3.8) is 0 Å². The molecule has 1 aliphatic heterocycles. The van der Waals surface area contributed by atoms with Gasteiger partial charge in [0.1, 0.15) is 0 Å². The molecule has 1 N–H and O–H groups in total. The zero-order chi connectivity index (χ0) is 9.68. The van der Waals surface area contributed by atoms with Crippen LogP contribution in [0.5, 0.6) is 0 Å². The highest BCUT2D eigenvalue weighted by atomic mass is 35.5. The van der Waals surface area contributed by atoms with Crippen molar-refractivity contribution in [3.05, 3.63) is 0 Å². The number of halogens is 1. The van der Waals surface area contributed by atoms with Gasteiger partial charge in [0.05, 0.1) is 0 Å². The summed E-state index contributed by atoms with van der Waals surface area (Å²) in [5.74, 6) is 0.680. The number of rotatable bonds is 3. The number of carboxylic acid groups (broad SMARTS) is 1. The van der Waals surface area contributed by atoms with Gasteiger partial charge >= 0.3 is 6.09 Å². The van der Waals surface area contributed by atoms with Crippen molar-refractivity contribution in [1.82, 2.24) is 9.80 Å². The highest BCUT2D eigenvalue weighted by Gasteiger charge is 2.19. The van der Waals surface area contributed by atoms with Gasteiger partial charge in [-0.25, -0.2) is 4.79 Å². The lowest BCUT2D eigenvalue weighted by molar-refractivity contribution is 0.106. The van der Waals surface area contributed by atoms with Crippen molar-refractivity contribution in [2.75, 3.05) is 38.6 Å². The van der Waals surface area contributed by atoms with Gasteiger partial charge in [0.2, 0.25) is 0 Å². The van der Waals surface area contributed by atoms with E-state index in [1.54, 1.807) is 0 Å². The van der Waals surface area contributed by atoms with Crippen LogP contribution in [0, 0.1) is 0 Å². The molecule has 1 fully saturated rings. The fourth-order valence-electron chi connectivity index (χ4n) is 1.45. The van der Waals surface area contributed by atoms with E-state index in [9.17, 15) is 4.79 Å². The highest BCUT2D eigenvalue weighted by Crippen LogP contribution is 2.02. The Morgan fingerprint density at radius 1 is 1.31 bits per heavy atom. The summed E-state index contributed by atoms with van der Waals surface area (Å²) in [6.07, 6.45) is 0.172. The molecule has 0 spiro atoms. The van der Waals surface area contributed by atoms with Crippen LogP contribution in [0.2, 0.25) is 0 Å². The highest BCUT2D eigenvalue weighted by molar-refractivity contribution is 6.17. The van der Waals surface area contributed by atoms with E-state index in [0.717, 1.165) is 26.1 Å². The van der Waals surface area contributed by atoms with Crippen LogP contribution in [0.4, 0.5) is 4.79 Å². The average molecular weight is 207 g/mol. The van der Waals surface area contributed by atoms with E-state index < -0.39 is 6.09 Å². The molecule has 1 saturated heterocycles. The minimum absolute atomic E-state index is 0.623. The van der Waals surface area contributed by atoms with E-state index >= 15 is 0 Å². The quantitative estimate of drug-likeness (QED) is 0.699. The first-order valence-electron chi connectivity index (χ1n) is 4.50. The average Bonchev–Trinajstić information content (AvgIpc) is 2.15. The maximum absolute atomic E-state index is 10.6. The molecule has 0 unspecified atom stereocenters. The summed E-state index contributed by atoms with van der Waals surface area (Å²) < 4.78 is 0. The molecule has 1 amide bonds. The SMILES string of the molecule is O=C(O)N1CCN(CCCCl)CC1. The Bertz CT molecular complexity index is 170.